The van der Waals surface area contributed by atoms with E-state index in [1.54, 1.807) is 0 Å². The van der Waals surface area contributed by atoms with Gasteiger partial charge in [0.1, 0.15) is 11.6 Å². The molecule has 0 radical (unpaired) electrons. The molecule has 0 aliphatic rings. The van der Waals surface area contributed by atoms with Crippen molar-refractivity contribution in [3.63, 3.8) is 0 Å². The first-order chi connectivity index (χ1) is 10.1. The molecule has 3 rings (SSSR count). The van der Waals surface area contributed by atoms with Gasteiger partial charge in [-0.2, -0.15) is 4.98 Å². The maximum Gasteiger partial charge on any atom is 0.261 e. The summed E-state index contributed by atoms with van der Waals surface area (Å²) in [5.41, 5.74) is 1.20. The van der Waals surface area contributed by atoms with E-state index in [2.05, 4.69) is 26.1 Å². The molecule has 21 heavy (non-hydrogen) atoms. The number of benzene rings is 2. The Morgan fingerprint density at radius 1 is 1.19 bits per heavy atom. The van der Waals surface area contributed by atoms with E-state index in [0.29, 0.717) is 12.2 Å². The summed E-state index contributed by atoms with van der Waals surface area (Å²) in [6.07, 6.45) is 0.485. The first kappa shape index (κ1) is 13.8. The Bertz CT molecular complexity index is 789. The molecule has 0 atom stereocenters. The Morgan fingerprint density at radius 2 is 2.05 bits per heavy atom. The van der Waals surface area contributed by atoms with Gasteiger partial charge in [-0.3, -0.25) is 0 Å². The molecule has 0 fully saturated rings. The Labute approximate surface area is 128 Å². The fourth-order valence-corrected chi connectivity index (χ4v) is 2.39. The van der Waals surface area contributed by atoms with Crippen molar-refractivity contribution in [3.05, 3.63) is 64.1 Å². The third kappa shape index (κ3) is 3.11. The molecule has 2 aromatic carbocycles. The molecule has 3 aromatic rings. The predicted octanol–water partition coefficient (Wildman–Crippen LogP) is 3.93. The van der Waals surface area contributed by atoms with Crippen molar-refractivity contribution in [1.29, 1.82) is 0 Å². The third-order valence-corrected chi connectivity index (χ3v) is 3.40. The number of hydrogen-bond acceptors (Lipinski definition) is 4. The molecule has 0 saturated carbocycles. The number of halogens is 2. The van der Waals surface area contributed by atoms with Crippen LogP contribution in [0.25, 0.3) is 11.5 Å². The van der Waals surface area contributed by atoms with E-state index in [0.717, 1.165) is 22.2 Å². The van der Waals surface area contributed by atoms with E-state index in [1.165, 1.54) is 6.07 Å². The van der Waals surface area contributed by atoms with Crippen LogP contribution >= 0.6 is 15.9 Å². The Morgan fingerprint density at radius 3 is 2.86 bits per heavy atom. The van der Waals surface area contributed by atoms with Crippen molar-refractivity contribution < 1.29 is 14.0 Å². The van der Waals surface area contributed by atoms with Crippen molar-refractivity contribution in [2.75, 3.05) is 0 Å². The minimum atomic E-state index is -0.477. The summed E-state index contributed by atoms with van der Waals surface area (Å²) in [5.74, 6) is -0.0210. The van der Waals surface area contributed by atoms with Crippen molar-refractivity contribution in [2.45, 2.75) is 6.42 Å². The van der Waals surface area contributed by atoms with Crippen molar-refractivity contribution in [1.82, 2.24) is 10.1 Å². The minimum Gasteiger partial charge on any atom is -0.507 e. The fourth-order valence-electron chi connectivity index (χ4n) is 1.94. The third-order valence-electron chi connectivity index (χ3n) is 2.91. The topological polar surface area (TPSA) is 59.2 Å². The van der Waals surface area contributed by atoms with Gasteiger partial charge in [-0.1, -0.05) is 33.2 Å². The molecule has 0 spiro atoms. The van der Waals surface area contributed by atoms with Gasteiger partial charge in [0, 0.05) is 10.9 Å². The summed E-state index contributed by atoms with van der Waals surface area (Å²) < 4.78 is 19.3. The normalized spacial score (nSPS) is 10.8. The maximum atomic E-state index is 13.2. The lowest BCUT2D eigenvalue weighted by atomic mass is 10.1. The van der Waals surface area contributed by atoms with Crippen LogP contribution in [0.3, 0.4) is 0 Å². The van der Waals surface area contributed by atoms with E-state index in [9.17, 15) is 9.50 Å². The highest BCUT2D eigenvalue weighted by atomic mass is 79.9. The van der Waals surface area contributed by atoms with Gasteiger partial charge in [0.15, 0.2) is 5.82 Å². The number of phenols is 1. The van der Waals surface area contributed by atoms with Crippen LogP contribution in [0.15, 0.2) is 51.5 Å². The lowest BCUT2D eigenvalue weighted by Crippen LogP contribution is -1.90. The van der Waals surface area contributed by atoms with E-state index in [4.69, 9.17) is 4.52 Å². The first-order valence-electron chi connectivity index (χ1n) is 6.18. The monoisotopic (exact) mass is 348 g/mol. The molecule has 0 bridgehead atoms. The van der Waals surface area contributed by atoms with Gasteiger partial charge in [0.2, 0.25) is 0 Å². The van der Waals surface area contributed by atoms with Crippen molar-refractivity contribution in [2.24, 2.45) is 0 Å². The standard InChI is InChI=1S/C15H10BrFN2O2/c16-10-3-1-2-9(6-10)7-14-18-15(21-19-14)12-8-11(17)4-5-13(12)20/h1-6,8,20H,7H2. The first-order valence-corrected chi connectivity index (χ1v) is 6.97. The number of phenolic OH excluding ortho intramolecular Hbond substituents is 1. The van der Waals surface area contributed by atoms with Crippen LogP contribution in [-0.2, 0) is 6.42 Å². The molecule has 0 aliphatic heterocycles. The van der Waals surface area contributed by atoms with Crippen LogP contribution in [0.2, 0.25) is 0 Å². The second-order valence-electron chi connectivity index (χ2n) is 4.48. The van der Waals surface area contributed by atoms with Crippen molar-refractivity contribution >= 4 is 15.9 Å². The lowest BCUT2D eigenvalue weighted by Gasteiger charge is -1.98. The number of hydrogen-bond donors (Lipinski definition) is 1. The highest BCUT2D eigenvalue weighted by Gasteiger charge is 2.14. The van der Waals surface area contributed by atoms with E-state index >= 15 is 0 Å². The van der Waals surface area contributed by atoms with Gasteiger partial charge in [0.25, 0.3) is 5.89 Å². The predicted molar refractivity (Wildman–Crippen MR) is 78.3 cm³/mol. The fraction of sp³-hybridized carbons (Fsp3) is 0.0667. The van der Waals surface area contributed by atoms with Crippen LogP contribution in [0.5, 0.6) is 5.75 Å². The summed E-state index contributed by atoms with van der Waals surface area (Å²) in [5, 5.41) is 13.6. The van der Waals surface area contributed by atoms with Gasteiger partial charge in [0.05, 0.1) is 5.56 Å². The van der Waals surface area contributed by atoms with Crippen LogP contribution in [0.4, 0.5) is 4.39 Å². The molecule has 6 heteroatoms. The Balaban J connectivity index is 1.88. The summed E-state index contributed by atoms with van der Waals surface area (Å²) in [7, 11) is 0. The van der Waals surface area contributed by atoms with Crippen LogP contribution < -0.4 is 0 Å². The maximum absolute atomic E-state index is 13.2. The highest BCUT2D eigenvalue weighted by Crippen LogP contribution is 2.28. The minimum absolute atomic E-state index is 0.0944. The van der Waals surface area contributed by atoms with Crippen LogP contribution in [0.1, 0.15) is 11.4 Å². The van der Waals surface area contributed by atoms with Gasteiger partial charge >= 0.3 is 0 Å². The Kier molecular flexibility index (Phi) is 3.70. The molecule has 0 aliphatic carbocycles. The van der Waals surface area contributed by atoms with Gasteiger partial charge in [-0.25, -0.2) is 4.39 Å². The second-order valence-corrected chi connectivity index (χ2v) is 5.40. The van der Waals surface area contributed by atoms with Gasteiger partial charge < -0.3 is 9.63 Å². The second kappa shape index (κ2) is 5.65. The van der Waals surface area contributed by atoms with Crippen LogP contribution in [-0.4, -0.2) is 15.2 Å². The van der Waals surface area contributed by atoms with Gasteiger partial charge in [-0.05, 0) is 35.9 Å². The molecule has 1 N–H and O–H groups in total. The molecular formula is C15H10BrFN2O2. The highest BCUT2D eigenvalue weighted by molar-refractivity contribution is 9.10. The number of rotatable bonds is 3. The molecule has 1 heterocycles. The average molecular weight is 349 g/mol. The number of nitrogens with zero attached hydrogens (tertiary/aromatic N) is 2. The lowest BCUT2D eigenvalue weighted by molar-refractivity contribution is 0.418. The van der Waals surface area contributed by atoms with E-state index < -0.39 is 5.82 Å². The van der Waals surface area contributed by atoms with Crippen LogP contribution in [0, 0.1) is 5.82 Å². The smallest absolute Gasteiger partial charge is 0.261 e. The summed E-state index contributed by atoms with van der Waals surface area (Å²) in [6, 6.07) is 11.3. The molecule has 0 amide bonds. The average Bonchev–Trinajstić information content (AvgIpc) is 2.90. The zero-order chi connectivity index (χ0) is 14.8. The number of aromatic hydroxyl groups is 1. The summed E-state index contributed by atoms with van der Waals surface area (Å²) in [6.45, 7) is 0. The quantitative estimate of drug-likeness (QED) is 0.778. The SMILES string of the molecule is Oc1ccc(F)cc1-c1nc(Cc2cccc(Br)c2)no1. The van der Waals surface area contributed by atoms with E-state index in [-0.39, 0.29) is 17.2 Å². The van der Waals surface area contributed by atoms with Crippen molar-refractivity contribution in [3.8, 4) is 17.2 Å². The number of aromatic nitrogens is 2. The molecule has 0 saturated heterocycles. The van der Waals surface area contributed by atoms with E-state index in [1.807, 2.05) is 24.3 Å². The molecule has 106 valence electrons. The Hall–Kier alpha value is -2.21. The molecule has 1 aromatic heterocycles. The summed E-state index contributed by atoms with van der Waals surface area (Å²) in [4.78, 5) is 4.19. The largest absolute Gasteiger partial charge is 0.507 e. The van der Waals surface area contributed by atoms with Gasteiger partial charge in [-0.15, -0.1) is 0 Å². The summed E-state index contributed by atoms with van der Waals surface area (Å²) >= 11 is 3.40. The zero-order valence-electron chi connectivity index (χ0n) is 10.8. The molecular weight excluding hydrogens is 339 g/mol. The molecule has 4 nitrogen and oxygen atoms in total. The molecule has 0 unspecified atom stereocenters. The zero-order valence-corrected chi connectivity index (χ0v) is 12.3.